The van der Waals surface area contributed by atoms with E-state index in [1.807, 2.05) is 0 Å². The van der Waals surface area contributed by atoms with Crippen molar-refractivity contribution in [3.8, 4) is 0 Å². The highest BCUT2D eigenvalue weighted by Crippen LogP contribution is 2.13. The Morgan fingerprint density at radius 1 is 0.639 bits per heavy atom. The van der Waals surface area contributed by atoms with Crippen molar-refractivity contribution < 1.29 is 19.1 Å². The van der Waals surface area contributed by atoms with Crippen LogP contribution in [0.15, 0.2) is 0 Å². The van der Waals surface area contributed by atoms with Crippen molar-refractivity contribution in [3.63, 3.8) is 0 Å². The fraction of sp³-hybridized carbons (Fsp3) is 0.923. The van der Waals surface area contributed by atoms with E-state index in [1.54, 1.807) is 0 Å². The molecule has 0 bridgehead atoms. The number of ether oxygens (including phenoxy) is 2. The van der Waals surface area contributed by atoms with Gasteiger partial charge >= 0.3 is 0 Å². The zero-order valence-electron chi connectivity index (χ0n) is 23.0. The van der Waals surface area contributed by atoms with Gasteiger partial charge in [-0.05, 0) is 53.6 Å². The van der Waals surface area contributed by atoms with Crippen LogP contribution in [0.3, 0.4) is 0 Å². The molecule has 10 heteroatoms. The largest absolute Gasteiger partial charge is 0.378 e. The lowest BCUT2D eigenvalue weighted by atomic mass is 10.1. The quantitative estimate of drug-likeness (QED) is 0.350. The van der Waals surface area contributed by atoms with Crippen LogP contribution in [0.4, 0.5) is 0 Å². The number of carbonyl (C=O) groups is 2. The second kappa shape index (κ2) is 15.2. The minimum atomic E-state index is 0.112. The van der Waals surface area contributed by atoms with E-state index in [0.29, 0.717) is 39.5 Å². The molecule has 0 aliphatic carbocycles. The highest BCUT2D eigenvalue weighted by Gasteiger charge is 2.28. The van der Waals surface area contributed by atoms with E-state index in [2.05, 4.69) is 57.9 Å². The van der Waals surface area contributed by atoms with E-state index in [9.17, 15) is 9.59 Å². The molecule has 3 aliphatic heterocycles. The van der Waals surface area contributed by atoms with E-state index in [1.165, 1.54) is 0 Å². The Labute approximate surface area is 218 Å². The van der Waals surface area contributed by atoms with Crippen molar-refractivity contribution in [1.29, 1.82) is 0 Å². The first-order valence-corrected chi connectivity index (χ1v) is 14.0. The molecule has 3 fully saturated rings. The molecular formula is C26H50N6O4. The van der Waals surface area contributed by atoms with Crippen LogP contribution in [0, 0.1) is 0 Å². The maximum absolute atomic E-state index is 12.3. The summed E-state index contributed by atoms with van der Waals surface area (Å²) in [6.45, 7) is 19.9. The van der Waals surface area contributed by atoms with E-state index in [4.69, 9.17) is 9.47 Å². The van der Waals surface area contributed by atoms with Crippen LogP contribution < -0.4 is 10.6 Å². The summed E-state index contributed by atoms with van der Waals surface area (Å²) in [7, 11) is 0. The van der Waals surface area contributed by atoms with E-state index in [-0.39, 0.29) is 36.0 Å². The molecule has 3 heterocycles. The van der Waals surface area contributed by atoms with Gasteiger partial charge in [0.15, 0.2) is 0 Å². The normalized spacial score (nSPS) is 29.2. The van der Waals surface area contributed by atoms with Crippen LogP contribution in [0.1, 0.15) is 40.5 Å². The van der Waals surface area contributed by atoms with Crippen LogP contribution in [-0.4, -0.2) is 147 Å². The standard InChI is InChI=1S/C26H50N6O4/c1-21-17-35-18-22(2)31(21)15-25(33)27-7-5-9-29-11-13-30(14-12-29)10-6-8-28-26(34)16-32-23(3)19-36-20-24(32)4/h21-24H,5-20H2,1-4H3,(H,27,33)(H,28,34). The lowest BCUT2D eigenvalue weighted by molar-refractivity contribution is -0.127. The number of amides is 2. The lowest BCUT2D eigenvalue weighted by Crippen LogP contribution is -2.53. The molecule has 2 amide bonds. The van der Waals surface area contributed by atoms with Gasteiger partial charge in [0.05, 0.1) is 39.5 Å². The predicted molar refractivity (Wildman–Crippen MR) is 141 cm³/mol. The average molecular weight is 511 g/mol. The fourth-order valence-electron chi connectivity index (χ4n) is 5.43. The van der Waals surface area contributed by atoms with Gasteiger partial charge in [-0.15, -0.1) is 0 Å². The summed E-state index contributed by atoms with van der Waals surface area (Å²) in [4.78, 5) is 34.1. The Morgan fingerprint density at radius 2 is 0.972 bits per heavy atom. The van der Waals surface area contributed by atoms with Crippen LogP contribution in [0.2, 0.25) is 0 Å². The van der Waals surface area contributed by atoms with Gasteiger partial charge in [0.25, 0.3) is 0 Å². The molecule has 36 heavy (non-hydrogen) atoms. The Bertz CT molecular complexity index is 599. The highest BCUT2D eigenvalue weighted by atomic mass is 16.5. The minimum Gasteiger partial charge on any atom is -0.378 e. The van der Waals surface area contributed by atoms with Crippen molar-refractivity contribution in [2.75, 3.05) is 91.9 Å². The zero-order chi connectivity index (χ0) is 25.9. The number of morpholine rings is 2. The fourth-order valence-corrected chi connectivity index (χ4v) is 5.43. The Kier molecular flexibility index (Phi) is 12.3. The highest BCUT2D eigenvalue weighted by molar-refractivity contribution is 5.78. The van der Waals surface area contributed by atoms with Gasteiger partial charge < -0.3 is 29.9 Å². The second-order valence-corrected chi connectivity index (χ2v) is 10.9. The van der Waals surface area contributed by atoms with Gasteiger partial charge in [0.1, 0.15) is 0 Å². The molecule has 0 aromatic carbocycles. The molecule has 3 rings (SSSR count). The molecule has 3 aliphatic rings. The molecular weight excluding hydrogens is 460 g/mol. The Morgan fingerprint density at radius 3 is 1.31 bits per heavy atom. The summed E-state index contributed by atoms with van der Waals surface area (Å²) in [5.74, 6) is 0.225. The van der Waals surface area contributed by atoms with Gasteiger partial charge in [0.2, 0.25) is 11.8 Å². The summed E-state index contributed by atoms with van der Waals surface area (Å²) >= 11 is 0. The number of piperazine rings is 1. The first-order valence-electron chi connectivity index (χ1n) is 14.0. The van der Waals surface area contributed by atoms with Gasteiger partial charge in [-0.1, -0.05) is 0 Å². The molecule has 0 aromatic rings. The number of hydrogen-bond donors (Lipinski definition) is 2. The molecule has 0 aromatic heterocycles. The SMILES string of the molecule is CC1COCC(C)N1CC(=O)NCCCN1CCN(CCCNC(=O)CN2C(C)COCC2C)CC1. The Hall–Kier alpha value is -1.30. The number of nitrogens with one attached hydrogen (secondary N) is 2. The van der Waals surface area contributed by atoms with Gasteiger partial charge in [-0.2, -0.15) is 0 Å². The third-order valence-electron chi connectivity index (χ3n) is 7.76. The molecule has 0 spiro atoms. The van der Waals surface area contributed by atoms with Crippen molar-refractivity contribution in [2.45, 2.75) is 64.7 Å². The summed E-state index contributed by atoms with van der Waals surface area (Å²) in [6.07, 6.45) is 1.96. The number of hydrogen-bond acceptors (Lipinski definition) is 8. The molecule has 4 atom stereocenters. The maximum Gasteiger partial charge on any atom is 0.234 e. The first kappa shape index (κ1) is 29.3. The van der Waals surface area contributed by atoms with Gasteiger partial charge in [-0.3, -0.25) is 19.4 Å². The van der Waals surface area contributed by atoms with E-state index >= 15 is 0 Å². The maximum atomic E-state index is 12.3. The third kappa shape index (κ3) is 9.54. The van der Waals surface area contributed by atoms with Crippen LogP contribution in [-0.2, 0) is 19.1 Å². The molecule has 10 nitrogen and oxygen atoms in total. The third-order valence-corrected chi connectivity index (χ3v) is 7.76. The number of nitrogens with zero attached hydrogens (tertiary/aromatic N) is 4. The topological polar surface area (TPSA) is 89.6 Å². The predicted octanol–water partition coefficient (Wildman–Crippen LogP) is -0.165. The zero-order valence-corrected chi connectivity index (χ0v) is 23.0. The molecule has 2 N–H and O–H groups in total. The summed E-state index contributed by atoms with van der Waals surface area (Å²) < 4.78 is 11.1. The molecule has 0 saturated carbocycles. The average Bonchev–Trinajstić information content (AvgIpc) is 2.85. The molecule has 208 valence electrons. The lowest BCUT2D eigenvalue weighted by Gasteiger charge is -2.38. The van der Waals surface area contributed by atoms with Crippen LogP contribution in [0.25, 0.3) is 0 Å². The first-order chi connectivity index (χ1) is 17.3. The summed E-state index contributed by atoms with van der Waals surface area (Å²) in [6, 6.07) is 1.15. The van der Waals surface area contributed by atoms with Crippen molar-refractivity contribution in [3.05, 3.63) is 0 Å². The monoisotopic (exact) mass is 510 g/mol. The van der Waals surface area contributed by atoms with Crippen LogP contribution >= 0.6 is 0 Å². The van der Waals surface area contributed by atoms with E-state index < -0.39 is 0 Å². The molecule has 4 unspecified atom stereocenters. The summed E-state index contributed by atoms with van der Waals surface area (Å²) in [5, 5.41) is 6.18. The number of carbonyl (C=O) groups excluding carboxylic acids is 2. The smallest absolute Gasteiger partial charge is 0.234 e. The van der Waals surface area contributed by atoms with Crippen molar-refractivity contribution in [1.82, 2.24) is 30.2 Å². The second-order valence-electron chi connectivity index (χ2n) is 10.9. The Balaban J connectivity index is 1.18. The summed E-state index contributed by atoms with van der Waals surface area (Å²) in [5.41, 5.74) is 0. The minimum absolute atomic E-state index is 0.112. The van der Waals surface area contributed by atoms with Crippen molar-refractivity contribution >= 4 is 11.8 Å². The van der Waals surface area contributed by atoms with Gasteiger partial charge in [-0.25, -0.2) is 0 Å². The molecule has 3 saturated heterocycles. The van der Waals surface area contributed by atoms with E-state index in [0.717, 1.165) is 65.2 Å². The molecule has 0 radical (unpaired) electrons. The van der Waals surface area contributed by atoms with Crippen LogP contribution in [0.5, 0.6) is 0 Å². The van der Waals surface area contributed by atoms with Crippen molar-refractivity contribution in [2.24, 2.45) is 0 Å². The van der Waals surface area contributed by atoms with Gasteiger partial charge in [0, 0.05) is 63.4 Å². The number of rotatable bonds is 12.